The summed E-state index contributed by atoms with van der Waals surface area (Å²) in [6, 6.07) is 15.3. The number of rotatable bonds is 7. The van der Waals surface area contributed by atoms with E-state index in [0.717, 1.165) is 6.07 Å². The number of carbonyl (C=O) groups is 1. The predicted octanol–water partition coefficient (Wildman–Crippen LogP) is 3.71. The van der Waals surface area contributed by atoms with Crippen LogP contribution in [0.4, 0.5) is 17.1 Å². The molecule has 0 heterocycles. The molecule has 0 atom stereocenters. The van der Waals surface area contributed by atoms with Crippen LogP contribution in [0.15, 0.2) is 75.8 Å². The molecule has 9 nitrogen and oxygen atoms in total. The fraction of sp³-hybridized carbons (Fsp3) is 0.115. The minimum Gasteiger partial charge on any atom is -0.870 e. The van der Waals surface area contributed by atoms with Crippen LogP contribution in [-0.2, 0) is 16.5 Å². The Morgan fingerprint density at radius 3 is 2.38 bits per heavy atom. The number of carbonyl (C=O) groups excluding carboxylic acids is 1. The average molecular weight is 596 g/mol. The van der Waals surface area contributed by atoms with Gasteiger partial charge in [0.2, 0.25) is 0 Å². The van der Waals surface area contributed by atoms with Crippen LogP contribution in [0, 0.1) is 0 Å². The maximum atomic E-state index is 13.5. The molecule has 0 aromatic heterocycles. The quantitative estimate of drug-likeness (QED) is 0.189. The Balaban J connectivity index is 0.00000420. The zero-order valence-corrected chi connectivity index (χ0v) is 25.4. The van der Waals surface area contributed by atoms with Crippen molar-refractivity contribution in [1.82, 2.24) is 0 Å². The van der Waals surface area contributed by atoms with Gasteiger partial charge < -0.3 is 15.2 Å². The molecule has 0 radical (unpaired) electrons. The third-order valence-electron chi connectivity index (χ3n) is 5.66. The molecule has 0 aliphatic heterocycles. The van der Waals surface area contributed by atoms with Crippen molar-refractivity contribution in [2.24, 2.45) is 10.2 Å². The largest absolute Gasteiger partial charge is 1.00 e. The van der Waals surface area contributed by atoms with Crippen LogP contribution in [-0.4, -0.2) is 26.0 Å². The van der Waals surface area contributed by atoms with Crippen LogP contribution >= 0.6 is 23.2 Å². The molecule has 4 aromatic carbocycles. The van der Waals surface area contributed by atoms with Crippen LogP contribution < -0.4 is 44.7 Å². The van der Waals surface area contributed by atoms with Crippen molar-refractivity contribution >= 4 is 67.1 Å². The maximum Gasteiger partial charge on any atom is 1.00 e. The molecule has 4 aromatic rings. The summed E-state index contributed by atoms with van der Waals surface area (Å²) in [6.45, 7) is 1.74. The Morgan fingerprint density at radius 2 is 1.72 bits per heavy atom. The zero-order chi connectivity index (χ0) is 27.6. The smallest absolute Gasteiger partial charge is 0.870 e. The molecular formula is C26H20Cl2N3NaO6S. The summed E-state index contributed by atoms with van der Waals surface area (Å²) in [6.07, 6.45) is 0.312. The van der Waals surface area contributed by atoms with Gasteiger partial charge in [0, 0.05) is 21.0 Å². The van der Waals surface area contributed by atoms with Crippen LogP contribution in [0.2, 0.25) is 10.0 Å². The summed E-state index contributed by atoms with van der Waals surface area (Å²) in [7, 11) is -3.29. The zero-order valence-electron chi connectivity index (χ0n) is 21.0. The fourth-order valence-electron chi connectivity index (χ4n) is 3.85. The van der Waals surface area contributed by atoms with Crippen molar-refractivity contribution in [2.75, 3.05) is 12.4 Å². The third kappa shape index (κ3) is 6.72. The van der Waals surface area contributed by atoms with Gasteiger partial charge in [0.15, 0.2) is 0 Å². The van der Waals surface area contributed by atoms with E-state index in [1.807, 2.05) is 0 Å². The van der Waals surface area contributed by atoms with Crippen molar-refractivity contribution < 1.29 is 57.2 Å². The third-order valence-corrected chi connectivity index (χ3v) is 6.98. The molecule has 39 heavy (non-hydrogen) atoms. The molecule has 0 aliphatic carbocycles. The molecule has 0 bridgehead atoms. The molecule has 0 saturated heterocycles. The van der Waals surface area contributed by atoms with Gasteiger partial charge in [0.25, 0.3) is 16.0 Å². The number of nitrogens with zero attached hydrogens (tertiary/aromatic N) is 2. The predicted molar refractivity (Wildman–Crippen MR) is 144 cm³/mol. The first kappa shape index (κ1) is 30.8. The van der Waals surface area contributed by atoms with Crippen LogP contribution in [0.5, 0.6) is 11.5 Å². The second-order valence-electron chi connectivity index (χ2n) is 8.06. The van der Waals surface area contributed by atoms with Gasteiger partial charge in [-0.15, -0.1) is 5.11 Å². The van der Waals surface area contributed by atoms with Gasteiger partial charge in [0.05, 0.1) is 18.5 Å². The Kier molecular flexibility index (Phi) is 10.0. The van der Waals surface area contributed by atoms with E-state index in [4.69, 9.17) is 27.9 Å². The number of nitrogens with one attached hydrogen (secondary N) is 1. The second-order valence-corrected chi connectivity index (χ2v) is 10.3. The van der Waals surface area contributed by atoms with E-state index in [9.17, 15) is 22.9 Å². The van der Waals surface area contributed by atoms with E-state index >= 15 is 0 Å². The number of anilines is 1. The molecular weight excluding hydrogens is 576 g/mol. The van der Waals surface area contributed by atoms with Crippen LogP contribution in [0.1, 0.15) is 22.8 Å². The molecule has 0 fully saturated rings. The molecule has 13 heteroatoms. The number of aryl methyl sites for hydroxylation is 1. The first-order valence-electron chi connectivity index (χ1n) is 11.1. The average Bonchev–Trinajstić information content (AvgIpc) is 2.87. The fourth-order valence-corrected chi connectivity index (χ4v) is 5.02. The van der Waals surface area contributed by atoms with E-state index in [0.29, 0.717) is 33.5 Å². The number of benzene rings is 4. The topological polar surface area (TPSA) is 140 Å². The van der Waals surface area contributed by atoms with Crippen molar-refractivity contribution in [1.29, 1.82) is 0 Å². The van der Waals surface area contributed by atoms with Gasteiger partial charge in [-0.2, -0.15) is 13.5 Å². The van der Waals surface area contributed by atoms with Gasteiger partial charge in [0.1, 0.15) is 16.3 Å². The standard InChI is InChI=1S/C26H21Cl2N3O6S.Na/c1-3-14-10-17(28)13-22(38(34,35)36)23(14)30-31-24-18-7-5-4-6-15(18)11-19(25(24)32)26(33)29-20-12-16(27)8-9-21(20)37-2;/h4-13,32H,3H2,1-2H3,(H,29,33)(H,34,35,36);/q;+1/p-1. The number of azo groups is 1. The van der Waals surface area contributed by atoms with Crippen molar-refractivity contribution in [3.05, 3.63) is 81.8 Å². The van der Waals surface area contributed by atoms with Crippen LogP contribution in [0.3, 0.4) is 0 Å². The maximum absolute atomic E-state index is 13.5. The normalized spacial score (nSPS) is 11.4. The van der Waals surface area contributed by atoms with Crippen LogP contribution in [0.25, 0.3) is 10.8 Å². The Bertz CT molecular complexity index is 1710. The van der Waals surface area contributed by atoms with Gasteiger partial charge in [-0.05, 0) is 53.8 Å². The number of methoxy groups -OCH3 is 1. The van der Waals surface area contributed by atoms with E-state index in [2.05, 4.69) is 15.5 Å². The van der Waals surface area contributed by atoms with Crippen molar-refractivity contribution in [3.63, 3.8) is 0 Å². The van der Waals surface area contributed by atoms with Crippen molar-refractivity contribution in [3.8, 4) is 11.5 Å². The summed E-state index contributed by atoms with van der Waals surface area (Å²) in [5.41, 5.74) is 0.0485. The first-order chi connectivity index (χ1) is 18.0. The van der Waals surface area contributed by atoms with Gasteiger partial charge in [-0.25, -0.2) is 0 Å². The van der Waals surface area contributed by atoms with E-state index in [1.165, 1.54) is 25.3 Å². The summed E-state index contributed by atoms with van der Waals surface area (Å²) in [5.74, 6) is -1.15. The summed E-state index contributed by atoms with van der Waals surface area (Å²) in [4.78, 5) is 12.6. The molecule has 2 N–H and O–H groups in total. The summed E-state index contributed by atoms with van der Waals surface area (Å²) in [5, 5.41) is 25.6. The number of hydrogen-bond donors (Lipinski definition) is 2. The van der Waals surface area contributed by atoms with Gasteiger partial charge >= 0.3 is 29.6 Å². The second kappa shape index (κ2) is 12.6. The molecule has 196 valence electrons. The Morgan fingerprint density at radius 1 is 1.03 bits per heavy atom. The first-order valence-corrected chi connectivity index (χ1v) is 13.3. The van der Waals surface area contributed by atoms with Gasteiger partial charge in [-0.1, -0.05) is 60.1 Å². The molecule has 4 rings (SSSR count). The number of fused-ring (bicyclic) bond motifs is 1. The van der Waals surface area contributed by atoms with E-state index in [-0.39, 0.29) is 57.2 Å². The Labute approximate surface area is 256 Å². The summed E-state index contributed by atoms with van der Waals surface area (Å²) >= 11 is 12.1. The number of hydrogen-bond acceptors (Lipinski definition) is 7. The molecule has 0 unspecified atom stereocenters. The number of ether oxygens (including phenoxy) is 1. The van der Waals surface area contributed by atoms with Crippen molar-refractivity contribution in [2.45, 2.75) is 18.2 Å². The van der Waals surface area contributed by atoms with E-state index < -0.39 is 26.7 Å². The SMILES string of the molecule is CCc1cc(Cl)cc(S(=O)(=O)O)c1N=Nc1c([O-])c(C(=O)Nc2cc(Cl)ccc2OC)cc2ccccc12.[Na+]. The number of amides is 1. The molecule has 0 spiro atoms. The minimum atomic E-state index is -4.72. The monoisotopic (exact) mass is 595 g/mol. The Hall–Kier alpha value is -2.70. The summed E-state index contributed by atoms with van der Waals surface area (Å²) < 4.78 is 39.0. The molecule has 1 amide bonds. The van der Waals surface area contributed by atoms with Gasteiger partial charge in [-0.3, -0.25) is 9.35 Å². The minimum absolute atomic E-state index is 0. The molecule has 0 saturated carbocycles. The number of halogens is 2. The van der Waals surface area contributed by atoms with E-state index in [1.54, 1.807) is 43.3 Å². The molecule has 0 aliphatic rings.